The second-order valence-corrected chi connectivity index (χ2v) is 6.41. The molecular weight excluding hydrogens is 232 g/mol. The van der Waals surface area contributed by atoms with E-state index in [-0.39, 0.29) is 11.3 Å². The number of hydrogen-bond acceptors (Lipinski definition) is 1. The molecule has 0 radical (unpaired) electrons. The standard InChI is InChI=1S/C18H24O/c1-2-3-4-7-11-18-12-10-15(17(19)13-18)14-8-5-6-9-16(14)18/h5-6,8-9,15H,2-4,7,10-13H2,1H3/t15-,18-/m0/s1. The molecule has 0 saturated heterocycles. The monoisotopic (exact) mass is 256 g/mol. The Balaban J connectivity index is 1.86. The van der Waals surface area contributed by atoms with Crippen LogP contribution in [0.3, 0.4) is 0 Å². The summed E-state index contributed by atoms with van der Waals surface area (Å²) in [7, 11) is 0. The van der Waals surface area contributed by atoms with Crippen LogP contribution < -0.4 is 0 Å². The molecule has 0 amide bonds. The molecule has 19 heavy (non-hydrogen) atoms. The van der Waals surface area contributed by atoms with E-state index in [0.717, 1.165) is 12.8 Å². The third-order valence-electron chi connectivity index (χ3n) is 5.23. The minimum atomic E-state index is 0.191. The van der Waals surface area contributed by atoms with Crippen LogP contribution in [-0.2, 0) is 10.2 Å². The van der Waals surface area contributed by atoms with Gasteiger partial charge in [0.05, 0.1) is 0 Å². The van der Waals surface area contributed by atoms with E-state index in [4.69, 9.17) is 0 Å². The Morgan fingerprint density at radius 1 is 1.21 bits per heavy atom. The Morgan fingerprint density at radius 3 is 2.84 bits per heavy atom. The highest BCUT2D eigenvalue weighted by molar-refractivity contribution is 5.90. The Labute approximate surface area is 116 Å². The molecule has 2 bridgehead atoms. The topological polar surface area (TPSA) is 17.1 Å². The predicted octanol–water partition coefficient (Wildman–Crippen LogP) is 4.75. The Bertz CT molecular complexity index is 476. The molecule has 0 spiro atoms. The molecule has 3 aliphatic carbocycles. The van der Waals surface area contributed by atoms with Gasteiger partial charge < -0.3 is 0 Å². The summed E-state index contributed by atoms with van der Waals surface area (Å²) in [6.45, 7) is 2.25. The minimum absolute atomic E-state index is 0.191. The molecule has 0 aromatic heterocycles. The van der Waals surface area contributed by atoms with Crippen molar-refractivity contribution in [1.29, 1.82) is 0 Å². The Hall–Kier alpha value is -1.11. The first-order chi connectivity index (χ1) is 9.27. The summed E-state index contributed by atoms with van der Waals surface area (Å²) in [5.41, 5.74) is 3.04. The molecule has 1 aromatic carbocycles. The Morgan fingerprint density at radius 2 is 2.05 bits per heavy atom. The fraction of sp³-hybridized carbons (Fsp3) is 0.611. The molecule has 0 unspecified atom stereocenters. The van der Waals surface area contributed by atoms with Gasteiger partial charge in [0.15, 0.2) is 0 Å². The van der Waals surface area contributed by atoms with Crippen LogP contribution in [0.25, 0.3) is 0 Å². The molecule has 3 aliphatic rings. The van der Waals surface area contributed by atoms with E-state index < -0.39 is 0 Å². The van der Waals surface area contributed by atoms with Gasteiger partial charge in [-0.1, -0.05) is 56.9 Å². The van der Waals surface area contributed by atoms with Crippen molar-refractivity contribution in [3.8, 4) is 0 Å². The van der Waals surface area contributed by atoms with Gasteiger partial charge in [-0.2, -0.15) is 0 Å². The summed E-state index contributed by atoms with van der Waals surface area (Å²) >= 11 is 0. The summed E-state index contributed by atoms with van der Waals surface area (Å²) in [4.78, 5) is 12.3. The molecule has 1 nitrogen and oxygen atoms in total. The summed E-state index contributed by atoms with van der Waals surface area (Å²) in [5, 5.41) is 0. The minimum Gasteiger partial charge on any atom is -0.299 e. The van der Waals surface area contributed by atoms with Gasteiger partial charge in [-0.3, -0.25) is 4.79 Å². The van der Waals surface area contributed by atoms with Gasteiger partial charge in [0.1, 0.15) is 5.78 Å². The third-order valence-corrected chi connectivity index (χ3v) is 5.23. The number of unbranched alkanes of at least 4 members (excludes halogenated alkanes) is 3. The van der Waals surface area contributed by atoms with Gasteiger partial charge in [-0.05, 0) is 30.4 Å². The molecule has 0 heterocycles. The third kappa shape index (κ3) is 2.13. The lowest BCUT2D eigenvalue weighted by atomic mass is 9.56. The highest BCUT2D eigenvalue weighted by atomic mass is 16.1. The van der Waals surface area contributed by atoms with Crippen molar-refractivity contribution in [2.24, 2.45) is 0 Å². The number of benzene rings is 1. The SMILES string of the molecule is CCCCCC[C@]12CC[C@H](C(=O)C1)c1ccccc12. The number of carbonyl (C=O) groups is 1. The molecule has 0 aliphatic heterocycles. The van der Waals surface area contributed by atoms with E-state index in [1.54, 1.807) is 0 Å². The van der Waals surface area contributed by atoms with Crippen LogP contribution in [0.2, 0.25) is 0 Å². The van der Waals surface area contributed by atoms with Crippen molar-refractivity contribution in [1.82, 2.24) is 0 Å². The fourth-order valence-corrected chi connectivity index (χ4v) is 4.21. The summed E-state index contributed by atoms with van der Waals surface area (Å²) in [6, 6.07) is 8.72. The number of ketones is 1. The summed E-state index contributed by atoms with van der Waals surface area (Å²) in [6.07, 6.45) is 9.54. The summed E-state index contributed by atoms with van der Waals surface area (Å²) in [5.74, 6) is 0.717. The first-order valence-corrected chi connectivity index (χ1v) is 7.89. The van der Waals surface area contributed by atoms with E-state index in [9.17, 15) is 4.79 Å². The highest BCUT2D eigenvalue weighted by Crippen LogP contribution is 2.53. The van der Waals surface area contributed by atoms with E-state index in [1.165, 1.54) is 49.7 Å². The van der Waals surface area contributed by atoms with Crippen molar-refractivity contribution in [2.75, 3.05) is 0 Å². The van der Waals surface area contributed by atoms with Crippen molar-refractivity contribution in [3.05, 3.63) is 35.4 Å². The van der Waals surface area contributed by atoms with Crippen molar-refractivity contribution in [3.63, 3.8) is 0 Å². The molecule has 0 N–H and O–H groups in total. The van der Waals surface area contributed by atoms with E-state index in [0.29, 0.717) is 5.78 Å². The number of Topliss-reactive ketones (excluding diaryl/α,β-unsaturated/α-hetero) is 1. The van der Waals surface area contributed by atoms with Crippen molar-refractivity contribution < 1.29 is 4.79 Å². The van der Waals surface area contributed by atoms with Gasteiger partial charge >= 0.3 is 0 Å². The largest absolute Gasteiger partial charge is 0.299 e. The van der Waals surface area contributed by atoms with Crippen LogP contribution in [0.5, 0.6) is 0 Å². The molecule has 1 heteroatoms. The number of carbonyl (C=O) groups excluding carboxylic acids is 1. The molecule has 1 aromatic rings. The van der Waals surface area contributed by atoms with Crippen LogP contribution in [0.15, 0.2) is 24.3 Å². The zero-order valence-electron chi connectivity index (χ0n) is 12.0. The quantitative estimate of drug-likeness (QED) is 0.695. The van der Waals surface area contributed by atoms with Gasteiger partial charge in [-0.15, -0.1) is 0 Å². The zero-order chi connectivity index (χ0) is 13.3. The lowest BCUT2D eigenvalue weighted by Crippen LogP contribution is -2.43. The average molecular weight is 256 g/mol. The maximum absolute atomic E-state index is 12.3. The van der Waals surface area contributed by atoms with Crippen LogP contribution in [0.1, 0.15) is 75.3 Å². The average Bonchev–Trinajstić information content (AvgIpc) is 2.44. The van der Waals surface area contributed by atoms with Crippen LogP contribution in [-0.4, -0.2) is 5.78 Å². The summed E-state index contributed by atoms with van der Waals surface area (Å²) < 4.78 is 0. The van der Waals surface area contributed by atoms with Crippen molar-refractivity contribution >= 4 is 5.78 Å². The first kappa shape index (κ1) is 12.9. The first-order valence-electron chi connectivity index (χ1n) is 7.89. The molecular formula is C18H24O. The maximum atomic E-state index is 12.3. The molecule has 4 rings (SSSR count). The number of rotatable bonds is 5. The molecule has 1 fully saturated rings. The van der Waals surface area contributed by atoms with Gasteiger partial charge in [-0.25, -0.2) is 0 Å². The maximum Gasteiger partial charge on any atom is 0.141 e. The van der Waals surface area contributed by atoms with E-state index >= 15 is 0 Å². The lowest BCUT2D eigenvalue weighted by Gasteiger charge is -2.47. The van der Waals surface area contributed by atoms with Crippen LogP contribution >= 0.6 is 0 Å². The smallest absolute Gasteiger partial charge is 0.141 e. The number of hydrogen-bond donors (Lipinski definition) is 0. The predicted molar refractivity (Wildman–Crippen MR) is 78.5 cm³/mol. The fourth-order valence-electron chi connectivity index (χ4n) is 4.21. The van der Waals surface area contributed by atoms with Crippen molar-refractivity contribution in [2.45, 2.75) is 69.6 Å². The Kier molecular flexibility index (Phi) is 3.47. The van der Waals surface area contributed by atoms with Crippen LogP contribution in [0, 0.1) is 0 Å². The highest BCUT2D eigenvalue weighted by Gasteiger charge is 2.48. The second kappa shape index (κ2) is 5.11. The van der Waals surface area contributed by atoms with Crippen LogP contribution in [0.4, 0.5) is 0 Å². The number of fused-ring (bicyclic) bond motifs is 2. The van der Waals surface area contributed by atoms with E-state index in [1.807, 2.05) is 0 Å². The van der Waals surface area contributed by atoms with Gasteiger partial charge in [0, 0.05) is 17.8 Å². The van der Waals surface area contributed by atoms with E-state index in [2.05, 4.69) is 31.2 Å². The van der Waals surface area contributed by atoms with Gasteiger partial charge in [0.25, 0.3) is 0 Å². The molecule has 2 atom stereocenters. The second-order valence-electron chi connectivity index (χ2n) is 6.41. The van der Waals surface area contributed by atoms with Gasteiger partial charge in [0.2, 0.25) is 0 Å². The molecule has 102 valence electrons. The zero-order valence-corrected chi connectivity index (χ0v) is 12.0. The normalized spacial score (nSPS) is 28.5. The molecule has 1 saturated carbocycles. The lowest BCUT2D eigenvalue weighted by molar-refractivity contribution is -0.125.